The Morgan fingerprint density at radius 3 is 2.91 bits per heavy atom. The number of methoxy groups -OCH3 is 1. The van der Waals surface area contributed by atoms with Gasteiger partial charge in [-0.3, -0.25) is 4.79 Å². The number of ether oxygens (including phenoxy) is 2. The minimum atomic E-state index is -0.0563. The summed E-state index contributed by atoms with van der Waals surface area (Å²) in [6.45, 7) is 2.67. The molecule has 0 bridgehead atoms. The van der Waals surface area contributed by atoms with Crippen molar-refractivity contribution < 1.29 is 14.3 Å². The lowest BCUT2D eigenvalue weighted by atomic mass is 10.2. The molecule has 22 heavy (non-hydrogen) atoms. The minimum absolute atomic E-state index is 0.0563. The third-order valence-corrected chi connectivity index (χ3v) is 4.23. The van der Waals surface area contributed by atoms with Gasteiger partial charge in [0.05, 0.1) is 25.7 Å². The molecule has 0 aromatic heterocycles. The molecule has 1 aliphatic rings. The molecular formula is C14H16BrN3O3S. The molecule has 6 nitrogen and oxygen atoms in total. The fourth-order valence-corrected chi connectivity index (χ4v) is 2.71. The number of rotatable bonds is 6. The Morgan fingerprint density at radius 1 is 1.45 bits per heavy atom. The van der Waals surface area contributed by atoms with Crippen molar-refractivity contribution in [3.05, 3.63) is 22.2 Å². The summed E-state index contributed by atoms with van der Waals surface area (Å²) in [5, 5.41) is 11.1. The zero-order valence-corrected chi connectivity index (χ0v) is 14.7. The van der Waals surface area contributed by atoms with E-state index in [0.717, 1.165) is 16.5 Å². The lowest BCUT2D eigenvalue weighted by molar-refractivity contribution is -0.116. The molecule has 0 aliphatic carbocycles. The Bertz CT molecular complexity index is 620. The quantitative estimate of drug-likeness (QED) is 0.603. The molecule has 1 amide bonds. The van der Waals surface area contributed by atoms with Crippen LogP contribution in [0, 0.1) is 0 Å². The normalized spacial score (nSPS) is 16.3. The average Bonchev–Trinajstić information content (AvgIpc) is 2.92. The number of halogens is 1. The van der Waals surface area contributed by atoms with Crippen LogP contribution in [0.5, 0.6) is 11.5 Å². The molecule has 2 rings (SSSR count). The number of amides is 1. The molecule has 1 fully saturated rings. The molecule has 0 unspecified atom stereocenters. The molecule has 118 valence electrons. The molecule has 8 heteroatoms. The highest BCUT2D eigenvalue weighted by Gasteiger charge is 2.16. The monoisotopic (exact) mass is 385 g/mol. The first-order valence-corrected chi connectivity index (χ1v) is 8.46. The Hall–Kier alpha value is -1.54. The molecule has 1 aromatic rings. The second kappa shape index (κ2) is 8.19. The number of carbonyl (C=O) groups excluding carboxylic acids is 1. The van der Waals surface area contributed by atoms with Gasteiger partial charge in [-0.05, 0) is 34.5 Å². The Kier molecular flexibility index (Phi) is 6.26. The van der Waals surface area contributed by atoms with Gasteiger partial charge in [-0.1, -0.05) is 18.7 Å². The Labute approximate surface area is 141 Å². The molecular weight excluding hydrogens is 370 g/mol. The zero-order chi connectivity index (χ0) is 15.9. The summed E-state index contributed by atoms with van der Waals surface area (Å²) in [5.74, 6) is 1.64. The Balaban J connectivity index is 2.15. The smallest absolute Gasteiger partial charge is 0.236 e. The fourth-order valence-electron chi connectivity index (χ4n) is 1.66. The molecule has 1 aromatic carbocycles. The van der Waals surface area contributed by atoms with Crippen LogP contribution >= 0.6 is 27.7 Å². The van der Waals surface area contributed by atoms with Crippen LogP contribution in [-0.2, 0) is 4.79 Å². The van der Waals surface area contributed by atoms with Gasteiger partial charge >= 0.3 is 0 Å². The van der Waals surface area contributed by atoms with Crippen molar-refractivity contribution in [2.24, 2.45) is 10.2 Å². The molecule has 1 heterocycles. The van der Waals surface area contributed by atoms with Crippen LogP contribution in [0.4, 0.5) is 0 Å². The number of nitrogens with one attached hydrogen (secondary N) is 1. The van der Waals surface area contributed by atoms with Crippen molar-refractivity contribution in [2.75, 3.05) is 19.5 Å². The first kappa shape index (κ1) is 16.8. The predicted octanol–water partition coefficient (Wildman–Crippen LogP) is 2.80. The highest BCUT2D eigenvalue weighted by molar-refractivity contribution is 9.10. The van der Waals surface area contributed by atoms with E-state index in [9.17, 15) is 4.79 Å². The highest BCUT2D eigenvalue weighted by atomic mass is 79.9. The summed E-state index contributed by atoms with van der Waals surface area (Å²) in [6, 6.07) is 3.66. The minimum Gasteiger partial charge on any atom is -0.493 e. The summed E-state index contributed by atoms with van der Waals surface area (Å²) < 4.78 is 11.8. The summed E-state index contributed by atoms with van der Waals surface area (Å²) in [6.07, 6.45) is 2.51. The van der Waals surface area contributed by atoms with Crippen molar-refractivity contribution in [2.45, 2.75) is 13.3 Å². The van der Waals surface area contributed by atoms with Gasteiger partial charge in [0.2, 0.25) is 5.91 Å². The first-order chi connectivity index (χ1) is 10.6. The highest BCUT2D eigenvalue weighted by Crippen LogP contribution is 2.33. The van der Waals surface area contributed by atoms with Crippen molar-refractivity contribution in [3.63, 3.8) is 0 Å². The molecule has 1 N–H and O–H groups in total. The average molecular weight is 386 g/mol. The van der Waals surface area contributed by atoms with E-state index in [2.05, 4.69) is 31.4 Å². The van der Waals surface area contributed by atoms with E-state index >= 15 is 0 Å². The number of nitrogens with zero attached hydrogens (tertiary/aromatic N) is 2. The van der Waals surface area contributed by atoms with Crippen molar-refractivity contribution in [1.29, 1.82) is 0 Å². The fraction of sp³-hybridized carbons (Fsp3) is 0.357. The maximum Gasteiger partial charge on any atom is 0.236 e. The predicted molar refractivity (Wildman–Crippen MR) is 92.1 cm³/mol. The molecule has 0 atom stereocenters. The van der Waals surface area contributed by atoms with Crippen LogP contribution in [0.1, 0.15) is 18.9 Å². The third-order valence-electron chi connectivity index (χ3n) is 2.68. The van der Waals surface area contributed by atoms with E-state index in [0.29, 0.717) is 29.0 Å². The first-order valence-electron chi connectivity index (χ1n) is 6.68. The SMILES string of the molecule is CCCOc1cc(Br)c(C=NN=C2NC(=O)CS2)cc1OC. The summed E-state index contributed by atoms with van der Waals surface area (Å²) in [4.78, 5) is 11.0. The van der Waals surface area contributed by atoms with Gasteiger partial charge in [0.1, 0.15) is 0 Å². The topological polar surface area (TPSA) is 72.3 Å². The van der Waals surface area contributed by atoms with Crippen molar-refractivity contribution in [3.8, 4) is 11.5 Å². The lowest BCUT2D eigenvalue weighted by Crippen LogP contribution is -2.19. The van der Waals surface area contributed by atoms with Gasteiger partial charge < -0.3 is 14.8 Å². The second-order valence-electron chi connectivity index (χ2n) is 4.36. The molecule has 0 spiro atoms. The van der Waals surface area contributed by atoms with E-state index in [-0.39, 0.29) is 5.91 Å². The lowest BCUT2D eigenvalue weighted by Gasteiger charge is -2.11. The maximum absolute atomic E-state index is 11.0. The number of hydrogen-bond donors (Lipinski definition) is 1. The number of benzene rings is 1. The standard InChI is InChI=1S/C14H16BrN3O3S/c1-3-4-21-12-6-10(15)9(5-11(12)20-2)7-16-18-14-17-13(19)8-22-14/h5-7H,3-4,8H2,1-2H3,(H,17,18,19). The van der Waals surface area contributed by atoms with Crippen LogP contribution in [-0.4, -0.2) is 36.8 Å². The molecule has 1 saturated heterocycles. The van der Waals surface area contributed by atoms with Crippen molar-refractivity contribution >= 4 is 45.0 Å². The zero-order valence-electron chi connectivity index (χ0n) is 12.3. The number of carbonyl (C=O) groups is 1. The summed E-state index contributed by atoms with van der Waals surface area (Å²) in [7, 11) is 1.59. The van der Waals surface area contributed by atoms with Gasteiger partial charge in [-0.15, -0.1) is 5.10 Å². The summed E-state index contributed by atoms with van der Waals surface area (Å²) >= 11 is 4.80. The Morgan fingerprint density at radius 2 is 2.27 bits per heavy atom. The van der Waals surface area contributed by atoms with Gasteiger partial charge in [-0.2, -0.15) is 5.10 Å². The maximum atomic E-state index is 11.0. The van der Waals surface area contributed by atoms with Gasteiger partial charge in [-0.25, -0.2) is 0 Å². The van der Waals surface area contributed by atoms with Gasteiger partial charge in [0, 0.05) is 10.0 Å². The largest absolute Gasteiger partial charge is 0.493 e. The van der Waals surface area contributed by atoms with Crippen LogP contribution < -0.4 is 14.8 Å². The third kappa shape index (κ3) is 4.48. The van der Waals surface area contributed by atoms with Gasteiger partial charge in [0.15, 0.2) is 16.7 Å². The van der Waals surface area contributed by atoms with E-state index in [1.165, 1.54) is 11.8 Å². The number of thioether (sulfide) groups is 1. The van der Waals surface area contributed by atoms with Crippen LogP contribution in [0.2, 0.25) is 0 Å². The van der Waals surface area contributed by atoms with Crippen LogP contribution in [0.3, 0.4) is 0 Å². The van der Waals surface area contributed by atoms with E-state index in [1.54, 1.807) is 13.3 Å². The van der Waals surface area contributed by atoms with Crippen LogP contribution in [0.25, 0.3) is 0 Å². The number of hydrogen-bond acceptors (Lipinski definition) is 6. The van der Waals surface area contributed by atoms with Gasteiger partial charge in [0.25, 0.3) is 0 Å². The molecule has 0 radical (unpaired) electrons. The van der Waals surface area contributed by atoms with E-state index in [4.69, 9.17) is 9.47 Å². The van der Waals surface area contributed by atoms with Crippen molar-refractivity contribution in [1.82, 2.24) is 5.32 Å². The molecule has 1 aliphatic heterocycles. The molecule has 0 saturated carbocycles. The summed E-state index contributed by atoms with van der Waals surface area (Å²) in [5.41, 5.74) is 0.805. The van der Waals surface area contributed by atoms with E-state index < -0.39 is 0 Å². The number of amidine groups is 1. The van der Waals surface area contributed by atoms with Crippen LogP contribution in [0.15, 0.2) is 26.8 Å². The van der Waals surface area contributed by atoms with E-state index in [1.807, 2.05) is 19.1 Å². The second-order valence-corrected chi connectivity index (χ2v) is 6.18.